The second-order valence-electron chi connectivity index (χ2n) is 9.17. The number of nitrogens with zero attached hydrogens (tertiary/aromatic N) is 2. The second-order valence-corrected chi connectivity index (χ2v) is 10.2. The molecule has 5 heteroatoms. The minimum Gasteiger partial charge on any atom is -0.424 e. The third-order valence-electron chi connectivity index (χ3n) is 6.00. The highest BCUT2D eigenvalue weighted by Crippen LogP contribution is 2.42. The smallest absolute Gasteiger partial charge is 0.227 e. The zero-order valence-electron chi connectivity index (χ0n) is 19.6. The molecule has 3 aromatic heterocycles. The molecular weight excluding hydrogens is 402 g/mol. The van der Waals surface area contributed by atoms with Gasteiger partial charge in [0.1, 0.15) is 4.83 Å². The number of aromatic amines is 1. The van der Waals surface area contributed by atoms with Crippen molar-refractivity contribution >= 4 is 27.1 Å². The van der Waals surface area contributed by atoms with Gasteiger partial charge in [0.15, 0.2) is 0 Å². The highest BCUT2D eigenvalue weighted by molar-refractivity contribution is 7.18. The average Bonchev–Trinajstić information content (AvgIpc) is 3.39. The van der Waals surface area contributed by atoms with E-state index < -0.39 is 0 Å². The lowest BCUT2D eigenvalue weighted by atomic mass is 9.90. The van der Waals surface area contributed by atoms with Crippen LogP contribution in [0.1, 0.15) is 88.7 Å². The first kappa shape index (κ1) is 21.8. The second kappa shape index (κ2) is 8.62. The minimum atomic E-state index is -0.312. The van der Waals surface area contributed by atoms with E-state index in [9.17, 15) is 0 Å². The first-order valence-electron chi connectivity index (χ1n) is 11.4. The van der Waals surface area contributed by atoms with E-state index in [4.69, 9.17) is 4.42 Å². The third kappa shape index (κ3) is 4.20. The molecule has 0 atom stereocenters. The van der Waals surface area contributed by atoms with Gasteiger partial charge in [-0.2, -0.15) is 0 Å². The van der Waals surface area contributed by atoms with Crippen molar-refractivity contribution in [1.82, 2.24) is 15.2 Å². The molecule has 0 radical (unpaired) electrons. The van der Waals surface area contributed by atoms with Crippen LogP contribution < -0.4 is 0 Å². The Morgan fingerprint density at radius 2 is 1.84 bits per heavy atom. The van der Waals surface area contributed by atoms with Crippen LogP contribution in [0, 0.1) is 0 Å². The fraction of sp³-hybridized carbons (Fsp3) is 0.462. The van der Waals surface area contributed by atoms with Gasteiger partial charge in [0.2, 0.25) is 11.8 Å². The number of thiophene rings is 1. The molecule has 0 amide bonds. The van der Waals surface area contributed by atoms with Gasteiger partial charge in [-0.25, -0.2) is 0 Å². The molecule has 0 saturated carbocycles. The molecule has 0 saturated heterocycles. The monoisotopic (exact) mass is 435 g/mol. The number of H-pyrrole nitrogens is 1. The summed E-state index contributed by atoms with van der Waals surface area (Å²) in [7, 11) is 0. The Hall–Kier alpha value is -2.40. The van der Waals surface area contributed by atoms with Crippen LogP contribution in [0.5, 0.6) is 0 Å². The first-order chi connectivity index (χ1) is 14.8. The Bertz CT molecular complexity index is 1180. The van der Waals surface area contributed by atoms with Crippen LogP contribution in [0.4, 0.5) is 0 Å². The molecule has 3 heterocycles. The molecule has 164 valence electrons. The van der Waals surface area contributed by atoms with E-state index in [-0.39, 0.29) is 5.41 Å². The summed E-state index contributed by atoms with van der Waals surface area (Å²) in [6.45, 7) is 13.1. The number of nitrogens with one attached hydrogen (secondary N) is 1. The standard InChI is InChI=1S/C26H33N3OS/c1-7-9-19-20-15-21(26(5,6)25-29-28-22(30-25)10-8-2)31-24(20)27-23(19)18-12-11-16(3)13-17(4)14-18/h11,13-15,27H,7-10,12H2,1-6H3. The summed E-state index contributed by atoms with van der Waals surface area (Å²) in [5.74, 6) is 1.43. The van der Waals surface area contributed by atoms with E-state index in [2.05, 4.69) is 81.0 Å². The highest BCUT2D eigenvalue weighted by Gasteiger charge is 2.32. The normalized spacial score (nSPS) is 15.1. The van der Waals surface area contributed by atoms with Crippen molar-refractivity contribution in [3.8, 4) is 0 Å². The van der Waals surface area contributed by atoms with E-state index in [1.807, 2.05) is 11.3 Å². The number of hydrogen-bond acceptors (Lipinski definition) is 4. The lowest BCUT2D eigenvalue weighted by Gasteiger charge is -2.18. The predicted octanol–water partition coefficient (Wildman–Crippen LogP) is 7.52. The number of hydrogen-bond donors (Lipinski definition) is 1. The molecule has 3 aromatic rings. The number of fused-ring (bicyclic) bond motifs is 1. The van der Waals surface area contributed by atoms with Crippen molar-refractivity contribution < 1.29 is 4.42 Å². The molecule has 1 aliphatic rings. The van der Waals surface area contributed by atoms with E-state index in [0.29, 0.717) is 5.89 Å². The Morgan fingerprint density at radius 1 is 1.06 bits per heavy atom. The van der Waals surface area contributed by atoms with Crippen LogP contribution >= 0.6 is 11.3 Å². The molecule has 0 fully saturated rings. The zero-order valence-corrected chi connectivity index (χ0v) is 20.4. The fourth-order valence-electron chi connectivity index (χ4n) is 4.29. The van der Waals surface area contributed by atoms with Gasteiger partial charge >= 0.3 is 0 Å². The molecule has 31 heavy (non-hydrogen) atoms. The van der Waals surface area contributed by atoms with Crippen molar-refractivity contribution in [2.24, 2.45) is 0 Å². The highest BCUT2D eigenvalue weighted by atomic mass is 32.1. The van der Waals surface area contributed by atoms with Crippen molar-refractivity contribution in [2.75, 3.05) is 0 Å². The lowest BCUT2D eigenvalue weighted by Crippen LogP contribution is -2.17. The van der Waals surface area contributed by atoms with E-state index >= 15 is 0 Å². The summed E-state index contributed by atoms with van der Waals surface area (Å²) in [6, 6.07) is 2.34. The Morgan fingerprint density at radius 3 is 2.58 bits per heavy atom. The molecular formula is C26H33N3OS. The quantitative estimate of drug-likeness (QED) is 0.417. The van der Waals surface area contributed by atoms with Crippen LogP contribution in [0.3, 0.4) is 0 Å². The molecule has 0 unspecified atom stereocenters. The van der Waals surface area contributed by atoms with Crippen LogP contribution in [0.25, 0.3) is 15.8 Å². The Balaban J connectivity index is 1.76. The molecule has 1 aliphatic carbocycles. The molecule has 4 nitrogen and oxygen atoms in total. The van der Waals surface area contributed by atoms with Crippen LogP contribution in [0.15, 0.2) is 39.9 Å². The number of rotatable bonds is 7. The first-order valence-corrected chi connectivity index (χ1v) is 12.2. The van der Waals surface area contributed by atoms with Crippen LogP contribution in [-0.4, -0.2) is 15.2 Å². The van der Waals surface area contributed by atoms with Gasteiger partial charge in [0.05, 0.1) is 5.41 Å². The van der Waals surface area contributed by atoms with Crippen molar-refractivity contribution in [1.29, 1.82) is 0 Å². The summed E-state index contributed by atoms with van der Waals surface area (Å²) in [5, 5.41) is 9.96. The minimum absolute atomic E-state index is 0.312. The SMILES string of the molecule is CCCc1nnc(C(C)(C)c2cc3c(CCC)c(C4=CC(C)=CC(C)=CC4)[nH]c3s2)o1. The molecule has 1 N–H and O–H groups in total. The van der Waals surface area contributed by atoms with Gasteiger partial charge in [0.25, 0.3) is 0 Å². The van der Waals surface area contributed by atoms with E-state index in [1.54, 1.807) is 0 Å². The van der Waals surface area contributed by atoms with Crippen molar-refractivity contribution in [3.05, 3.63) is 63.4 Å². The molecule has 0 aliphatic heterocycles. The summed E-state index contributed by atoms with van der Waals surface area (Å²) in [5.41, 5.74) is 6.44. The zero-order chi connectivity index (χ0) is 22.2. The number of aryl methyl sites for hydroxylation is 2. The van der Waals surface area contributed by atoms with Gasteiger partial charge in [-0.1, -0.05) is 49.6 Å². The molecule has 4 rings (SSSR count). The fourth-order valence-corrected chi connectivity index (χ4v) is 5.47. The Kier molecular flexibility index (Phi) is 6.07. The van der Waals surface area contributed by atoms with E-state index in [1.165, 1.54) is 43.1 Å². The van der Waals surface area contributed by atoms with Gasteiger partial charge in [-0.15, -0.1) is 21.5 Å². The Labute approximate surface area is 189 Å². The summed E-state index contributed by atoms with van der Waals surface area (Å²) < 4.78 is 6.00. The largest absolute Gasteiger partial charge is 0.424 e. The van der Waals surface area contributed by atoms with Gasteiger partial charge in [0, 0.05) is 22.4 Å². The van der Waals surface area contributed by atoms with Crippen molar-refractivity contribution in [3.63, 3.8) is 0 Å². The lowest BCUT2D eigenvalue weighted by molar-refractivity contribution is 0.390. The maximum Gasteiger partial charge on any atom is 0.227 e. The van der Waals surface area contributed by atoms with Gasteiger partial charge < -0.3 is 9.40 Å². The topological polar surface area (TPSA) is 54.7 Å². The maximum atomic E-state index is 6.00. The maximum absolute atomic E-state index is 6.00. The van der Waals surface area contributed by atoms with Crippen molar-refractivity contribution in [2.45, 2.75) is 79.1 Å². The average molecular weight is 436 g/mol. The molecule has 0 aromatic carbocycles. The van der Waals surface area contributed by atoms with Gasteiger partial charge in [-0.05, 0) is 64.2 Å². The van der Waals surface area contributed by atoms with Gasteiger partial charge in [-0.3, -0.25) is 0 Å². The van der Waals surface area contributed by atoms with Crippen LogP contribution in [-0.2, 0) is 18.3 Å². The number of allylic oxidation sites excluding steroid dienone is 6. The summed E-state index contributed by atoms with van der Waals surface area (Å²) in [4.78, 5) is 6.27. The van der Waals surface area contributed by atoms with Crippen LogP contribution in [0.2, 0.25) is 0 Å². The molecule has 0 spiro atoms. The third-order valence-corrected chi connectivity index (χ3v) is 7.38. The summed E-state index contributed by atoms with van der Waals surface area (Å²) in [6.07, 6.45) is 11.9. The summed E-state index contributed by atoms with van der Waals surface area (Å²) >= 11 is 1.81. The van der Waals surface area contributed by atoms with E-state index in [0.717, 1.165) is 38.0 Å². The molecule has 0 bridgehead atoms. The predicted molar refractivity (Wildman–Crippen MR) is 131 cm³/mol. The number of aromatic nitrogens is 3.